The third kappa shape index (κ3) is 5.76. The van der Waals surface area contributed by atoms with E-state index in [9.17, 15) is 14.7 Å². The summed E-state index contributed by atoms with van der Waals surface area (Å²) < 4.78 is 7.25. The minimum absolute atomic E-state index is 0.0245. The molecule has 3 heterocycles. The SMILES string of the molecule is CCc1cccc(CC)c1-n1c(COC(C)C)nc(O)c(C(=O)N2CCC(c3ccc(Cl)nc3)CC2)c1=O. The number of aromatic nitrogens is 3. The Labute approximate surface area is 228 Å². The first-order valence-corrected chi connectivity index (χ1v) is 13.6. The Morgan fingerprint density at radius 2 is 1.79 bits per heavy atom. The molecule has 1 aromatic carbocycles. The largest absolute Gasteiger partial charge is 0.493 e. The van der Waals surface area contributed by atoms with E-state index < -0.39 is 17.3 Å². The molecule has 1 aliphatic heterocycles. The zero-order valence-electron chi connectivity index (χ0n) is 22.4. The van der Waals surface area contributed by atoms with Gasteiger partial charge in [-0.3, -0.25) is 14.2 Å². The summed E-state index contributed by atoms with van der Waals surface area (Å²) in [6.45, 7) is 8.76. The third-order valence-corrected chi connectivity index (χ3v) is 7.31. The van der Waals surface area contributed by atoms with Crippen LogP contribution in [0, 0.1) is 0 Å². The van der Waals surface area contributed by atoms with Gasteiger partial charge in [-0.2, -0.15) is 4.98 Å². The summed E-state index contributed by atoms with van der Waals surface area (Å²) in [5.41, 5.74) is 2.81. The quantitative estimate of drug-likeness (QED) is 0.403. The molecule has 3 aromatic rings. The first-order chi connectivity index (χ1) is 18.2. The molecule has 0 spiro atoms. The number of hydrogen-bond donors (Lipinski definition) is 1. The van der Waals surface area contributed by atoms with Crippen molar-refractivity contribution in [3.8, 4) is 11.6 Å². The van der Waals surface area contributed by atoms with Crippen LogP contribution in [0.1, 0.15) is 79.3 Å². The highest BCUT2D eigenvalue weighted by Gasteiger charge is 2.31. The molecule has 9 heteroatoms. The fourth-order valence-corrected chi connectivity index (χ4v) is 5.13. The molecule has 1 saturated heterocycles. The van der Waals surface area contributed by atoms with Gasteiger partial charge in [-0.15, -0.1) is 0 Å². The van der Waals surface area contributed by atoms with E-state index in [1.165, 1.54) is 4.57 Å². The Bertz CT molecular complexity index is 1320. The summed E-state index contributed by atoms with van der Waals surface area (Å²) >= 11 is 5.92. The van der Waals surface area contributed by atoms with E-state index >= 15 is 0 Å². The Morgan fingerprint density at radius 1 is 1.13 bits per heavy atom. The summed E-state index contributed by atoms with van der Waals surface area (Å²) in [6, 6.07) is 9.64. The highest BCUT2D eigenvalue weighted by molar-refractivity contribution is 6.29. The molecule has 0 aliphatic carbocycles. The van der Waals surface area contributed by atoms with Gasteiger partial charge >= 0.3 is 0 Å². The van der Waals surface area contributed by atoms with Crippen LogP contribution in [0.5, 0.6) is 5.88 Å². The van der Waals surface area contributed by atoms with Gasteiger partial charge in [0.2, 0.25) is 5.88 Å². The molecule has 0 unspecified atom stereocenters. The van der Waals surface area contributed by atoms with Crippen molar-refractivity contribution in [2.75, 3.05) is 13.1 Å². The second-order valence-electron chi connectivity index (χ2n) is 9.84. The van der Waals surface area contributed by atoms with Crippen LogP contribution in [0.3, 0.4) is 0 Å². The molecular formula is C29H35ClN4O4. The van der Waals surface area contributed by atoms with Crippen LogP contribution in [0.2, 0.25) is 5.15 Å². The number of carbonyl (C=O) groups excluding carboxylic acids is 1. The molecule has 1 aliphatic rings. The number of likely N-dealkylation sites (tertiary alicyclic amines) is 1. The summed E-state index contributed by atoms with van der Waals surface area (Å²) in [5, 5.41) is 11.3. The van der Waals surface area contributed by atoms with E-state index in [0.717, 1.165) is 29.5 Å². The summed E-state index contributed by atoms with van der Waals surface area (Å²) in [4.78, 5) is 37.8. The average molecular weight is 539 g/mol. The number of carbonyl (C=O) groups is 1. The molecule has 0 saturated carbocycles. The van der Waals surface area contributed by atoms with Crippen molar-refractivity contribution in [3.63, 3.8) is 0 Å². The molecule has 0 bridgehead atoms. The second kappa shape index (κ2) is 12.1. The van der Waals surface area contributed by atoms with Gasteiger partial charge in [0.25, 0.3) is 11.5 Å². The number of benzene rings is 1. The topological polar surface area (TPSA) is 97.5 Å². The maximum absolute atomic E-state index is 14.0. The van der Waals surface area contributed by atoms with Crippen molar-refractivity contribution >= 4 is 17.5 Å². The van der Waals surface area contributed by atoms with Crippen molar-refractivity contribution in [1.29, 1.82) is 0 Å². The molecule has 2 aromatic heterocycles. The fourth-order valence-electron chi connectivity index (χ4n) is 5.01. The van der Waals surface area contributed by atoms with Crippen molar-refractivity contribution in [3.05, 3.63) is 80.1 Å². The number of aryl methyl sites for hydroxylation is 2. The number of ether oxygens (including phenoxy) is 1. The molecule has 0 atom stereocenters. The smallest absolute Gasteiger partial charge is 0.275 e. The molecule has 8 nitrogen and oxygen atoms in total. The first-order valence-electron chi connectivity index (χ1n) is 13.2. The molecule has 4 rings (SSSR count). The molecule has 1 N–H and O–H groups in total. The van der Waals surface area contributed by atoms with Gasteiger partial charge in [0.15, 0.2) is 5.56 Å². The van der Waals surface area contributed by atoms with Gasteiger partial charge in [0, 0.05) is 19.3 Å². The van der Waals surface area contributed by atoms with Crippen LogP contribution in [0.4, 0.5) is 0 Å². The summed E-state index contributed by atoms with van der Waals surface area (Å²) in [6.07, 6.45) is 4.49. The lowest BCUT2D eigenvalue weighted by atomic mass is 9.90. The van der Waals surface area contributed by atoms with E-state index in [0.29, 0.717) is 36.8 Å². The van der Waals surface area contributed by atoms with Crippen molar-refractivity contribution < 1.29 is 14.6 Å². The van der Waals surface area contributed by atoms with Crippen LogP contribution >= 0.6 is 11.6 Å². The number of piperidine rings is 1. The summed E-state index contributed by atoms with van der Waals surface area (Å²) in [7, 11) is 0. The van der Waals surface area contributed by atoms with Gasteiger partial charge in [0.1, 0.15) is 17.6 Å². The first kappa shape index (κ1) is 27.8. The van der Waals surface area contributed by atoms with Crippen LogP contribution in [-0.4, -0.2) is 49.6 Å². The van der Waals surface area contributed by atoms with Gasteiger partial charge in [-0.25, -0.2) is 4.98 Å². The van der Waals surface area contributed by atoms with Crippen LogP contribution in [0.25, 0.3) is 5.69 Å². The zero-order valence-corrected chi connectivity index (χ0v) is 23.2. The highest BCUT2D eigenvalue weighted by Crippen LogP contribution is 2.30. The van der Waals surface area contributed by atoms with Gasteiger partial charge in [-0.1, -0.05) is 49.7 Å². The maximum atomic E-state index is 14.0. The summed E-state index contributed by atoms with van der Waals surface area (Å²) in [5.74, 6) is -0.562. The number of hydrogen-bond acceptors (Lipinski definition) is 6. The normalized spacial score (nSPS) is 14.3. The molecular weight excluding hydrogens is 504 g/mol. The fraction of sp³-hybridized carbons (Fsp3) is 0.448. The number of para-hydroxylation sites is 1. The zero-order chi connectivity index (χ0) is 27.4. The van der Waals surface area contributed by atoms with Gasteiger partial charge in [-0.05, 0) is 68.2 Å². The van der Waals surface area contributed by atoms with Crippen LogP contribution in [0.15, 0.2) is 41.3 Å². The number of aromatic hydroxyl groups is 1. The standard InChI is InChI=1S/C29H35ClN4O4/c1-5-19-8-7-9-20(6-2)26(19)34-24(17-38-18(3)4)32-27(35)25(29(34)37)28(36)33-14-12-21(13-15-33)22-10-11-23(30)31-16-22/h7-11,16,18,21,35H,5-6,12-15,17H2,1-4H3. The van der Waals surface area contributed by atoms with Gasteiger partial charge in [0.05, 0.1) is 11.8 Å². The molecule has 202 valence electrons. The highest BCUT2D eigenvalue weighted by atomic mass is 35.5. The Kier molecular flexibility index (Phi) is 8.84. The molecule has 1 amide bonds. The van der Waals surface area contributed by atoms with Crippen LogP contribution < -0.4 is 5.56 Å². The van der Waals surface area contributed by atoms with Crippen molar-refractivity contribution in [2.45, 2.75) is 72.0 Å². The molecule has 1 fully saturated rings. The molecule has 0 radical (unpaired) electrons. The Hall–Kier alpha value is -3.23. The average Bonchev–Trinajstić information content (AvgIpc) is 2.92. The molecule has 38 heavy (non-hydrogen) atoms. The minimum Gasteiger partial charge on any atom is -0.493 e. The number of amides is 1. The third-order valence-electron chi connectivity index (χ3n) is 7.09. The van der Waals surface area contributed by atoms with E-state index in [1.54, 1.807) is 17.2 Å². The predicted molar refractivity (Wildman–Crippen MR) is 147 cm³/mol. The van der Waals surface area contributed by atoms with E-state index in [1.807, 2.05) is 52.0 Å². The number of halogens is 1. The number of nitrogens with zero attached hydrogens (tertiary/aromatic N) is 4. The van der Waals surface area contributed by atoms with Gasteiger partial charge < -0.3 is 14.7 Å². The number of pyridine rings is 1. The van der Waals surface area contributed by atoms with Crippen LogP contribution in [-0.2, 0) is 24.2 Å². The lowest BCUT2D eigenvalue weighted by molar-refractivity contribution is 0.0589. The number of rotatable bonds is 8. The lowest BCUT2D eigenvalue weighted by Crippen LogP contribution is -2.42. The predicted octanol–water partition coefficient (Wildman–Crippen LogP) is 5.06. The Morgan fingerprint density at radius 3 is 2.34 bits per heavy atom. The minimum atomic E-state index is -0.579. The second-order valence-corrected chi connectivity index (χ2v) is 10.2. The van der Waals surface area contributed by atoms with Crippen molar-refractivity contribution in [1.82, 2.24) is 19.4 Å². The maximum Gasteiger partial charge on any atom is 0.275 e. The lowest BCUT2D eigenvalue weighted by Gasteiger charge is -2.32. The Balaban J connectivity index is 1.72. The van der Waals surface area contributed by atoms with Crippen molar-refractivity contribution in [2.24, 2.45) is 0 Å². The van der Waals surface area contributed by atoms with E-state index in [2.05, 4.69) is 9.97 Å². The van der Waals surface area contributed by atoms with E-state index in [-0.39, 0.29) is 30.0 Å². The van der Waals surface area contributed by atoms with E-state index in [4.69, 9.17) is 16.3 Å². The monoisotopic (exact) mass is 538 g/mol.